The Labute approximate surface area is 98.7 Å². The summed E-state index contributed by atoms with van der Waals surface area (Å²) in [7, 11) is 0. The zero-order chi connectivity index (χ0) is 11.8. The molecule has 0 radical (unpaired) electrons. The van der Waals surface area contributed by atoms with Crippen LogP contribution in [0.2, 0.25) is 0 Å². The third-order valence-corrected chi connectivity index (χ3v) is 3.19. The van der Waals surface area contributed by atoms with Crippen LogP contribution in [0.25, 0.3) is 0 Å². The first-order chi connectivity index (χ1) is 8.25. The summed E-state index contributed by atoms with van der Waals surface area (Å²) in [5, 5.41) is 0. The molecule has 1 aromatic heterocycles. The minimum Gasteiger partial charge on any atom is -0.383 e. The number of nitrogen functional groups attached to an aromatic ring is 1. The SMILES string of the molecule is Nc1ccn([C@@H]2C[C@H]2c2ccccc2)c(=O)n1. The average molecular weight is 227 g/mol. The van der Waals surface area contributed by atoms with Crippen molar-refractivity contribution in [1.82, 2.24) is 9.55 Å². The standard InChI is InChI=1S/C13H13N3O/c14-12-6-7-16(13(17)15-12)11-8-10(11)9-4-2-1-3-5-9/h1-7,10-11H,8H2,(H2,14,15,17)/t10-,11+/m0/s1. The number of hydrogen-bond acceptors (Lipinski definition) is 3. The van der Waals surface area contributed by atoms with Crippen LogP contribution in [-0.2, 0) is 0 Å². The van der Waals surface area contributed by atoms with E-state index in [4.69, 9.17) is 5.73 Å². The molecule has 0 aliphatic heterocycles. The summed E-state index contributed by atoms with van der Waals surface area (Å²) in [5.41, 5.74) is 6.49. The minimum absolute atomic E-state index is 0.234. The van der Waals surface area contributed by atoms with Gasteiger partial charge in [-0.05, 0) is 18.1 Å². The van der Waals surface area contributed by atoms with Gasteiger partial charge in [-0.1, -0.05) is 30.3 Å². The van der Waals surface area contributed by atoms with Crippen molar-refractivity contribution in [3.05, 3.63) is 58.6 Å². The van der Waals surface area contributed by atoms with Crippen LogP contribution in [0.15, 0.2) is 47.4 Å². The average Bonchev–Trinajstić information content (AvgIpc) is 3.10. The molecule has 1 aliphatic rings. The molecule has 0 bridgehead atoms. The van der Waals surface area contributed by atoms with Crippen molar-refractivity contribution in [2.75, 3.05) is 5.73 Å². The van der Waals surface area contributed by atoms with E-state index in [-0.39, 0.29) is 17.5 Å². The lowest BCUT2D eigenvalue weighted by molar-refractivity contribution is 0.664. The lowest BCUT2D eigenvalue weighted by atomic mass is 10.1. The molecule has 4 nitrogen and oxygen atoms in total. The van der Waals surface area contributed by atoms with E-state index in [0.29, 0.717) is 5.92 Å². The first-order valence-corrected chi connectivity index (χ1v) is 5.65. The summed E-state index contributed by atoms with van der Waals surface area (Å²) in [5.74, 6) is 0.711. The molecule has 1 aliphatic carbocycles. The molecule has 0 unspecified atom stereocenters. The molecule has 2 aromatic rings. The van der Waals surface area contributed by atoms with Gasteiger partial charge in [0.1, 0.15) is 5.82 Å². The highest BCUT2D eigenvalue weighted by molar-refractivity contribution is 5.28. The van der Waals surface area contributed by atoms with Gasteiger partial charge < -0.3 is 5.73 Å². The molecule has 1 fully saturated rings. The molecule has 0 spiro atoms. The Morgan fingerprint density at radius 2 is 2.00 bits per heavy atom. The fraction of sp³-hybridized carbons (Fsp3) is 0.231. The minimum atomic E-state index is -0.256. The normalized spacial score (nSPS) is 22.4. The first-order valence-electron chi connectivity index (χ1n) is 5.65. The Kier molecular flexibility index (Phi) is 2.21. The number of hydrogen-bond donors (Lipinski definition) is 1. The summed E-state index contributed by atoms with van der Waals surface area (Å²) in [6.45, 7) is 0. The molecule has 0 amide bonds. The molecule has 0 saturated heterocycles. The highest BCUT2D eigenvalue weighted by atomic mass is 16.1. The molecular weight excluding hydrogens is 214 g/mol. The number of anilines is 1. The molecule has 1 heterocycles. The van der Waals surface area contributed by atoms with Crippen LogP contribution in [0.3, 0.4) is 0 Å². The van der Waals surface area contributed by atoms with Gasteiger partial charge in [0.15, 0.2) is 0 Å². The topological polar surface area (TPSA) is 60.9 Å². The van der Waals surface area contributed by atoms with E-state index in [0.717, 1.165) is 6.42 Å². The van der Waals surface area contributed by atoms with Crippen molar-refractivity contribution in [3.63, 3.8) is 0 Å². The molecule has 1 saturated carbocycles. The van der Waals surface area contributed by atoms with E-state index in [1.807, 2.05) is 18.2 Å². The van der Waals surface area contributed by atoms with Gasteiger partial charge >= 0.3 is 5.69 Å². The van der Waals surface area contributed by atoms with Gasteiger partial charge in [0.05, 0.1) is 0 Å². The number of rotatable bonds is 2. The molecule has 4 heteroatoms. The van der Waals surface area contributed by atoms with E-state index in [1.165, 1.54) is 5.56 Å². The lowest BCUT2D eigenvalue weighted by Gasteiger charge is -2.04. The van der Waals surface area contributed by atoms with Gasteiger partial charge in [-0.15, -0.1) is 0 Å². The van der Waals surface area contributed by atoms with Crippen molar-refractivity contribution >= 4 is 5.82 Å². The first kappa shape index (κ1) is 10.1. The molecule has 3 rings (SSSR count). The number of benzene rings is 1. The maximum atomic E-state index is 11.7. The Hall–Kier alpha value is -2.10. The summed E-state index contributed by atoms with van der Waals surface area (Å²) < 4.78 is 1.67. The van der Waals surface area contributed by atoms with Gasteiger partial charge in [0.25, 0.3) is 0 Å². The predicted molar refractivity (Wildman–Crippen MR) is 65.7 cm³/mol. The van der Waals surface area contributed by atoms with Crippen LogP contribution in [0.5, 0.6) is 0 Å². The maximum Gasteiger partial charge on any atom is 0.349 e. The third kappa shape index (κ3) is 1.82. The van der Waals surface area contributed by atoms with Crippen molar-refractivity contribution in [2.45, 2.75) is 18.4 Å². The second-order valence-corrected chi connectivity index (χ2v) is 4.36. The van der Waals surface area contributed by atoms with Crippen molar-refractivity contribution in [3.8, 4) is 0 Å². The molecular formula is C13H13N3O. The van der Waals surface area contributed by atoms with Crippen LogP contribution in [0, 0.1) is 0 Å². The van der Waals surface area contributed by atoms with Gasteiger partial charge in [0.2, 0.25) is 0 Å². The summed E-state index contributed by atoms with van der Waals surface area (Å²) >= 11 is 0. The monoisotopic (exact) mass is 227 g/mol. The fourth-order valence-corrected chi connectivity index (χ4v) is 2.23. The summed E-state index contributed by atoms with van der Waals surface area (Å²) in [6, 6.07) is 12.1. The Morgan fingerprint density at radius 1 is 1.24 bits per heavy atom. The summed E-state index contributed by atoms with van der Waals surface area (Å²) in [6.07, 6.45) is 2.73. The van der Waals surface area contributed by atoms with E-state index >= 15 is 0 Å². The Bertz CT molecular complexity index is 591. The molecule has 17 heavy (non-hydrogen) atoms. The van der Waals surface area contributed by atoms with Crippen molar-refractivity contribution < 1.29 is 0 Å². The smallest absolute Gasteiger partial charge is 0.349 e. The number of nitrogens with zero attached hydrogens (tertiary/aromatic N) is 2. The van der Waals surface area contributed by atoms with E-state index in [9.17, 15) is 4.79 Å². The Morgan fingerprint density at radius 3 is 2.71 bits per heavy atom. The van der Waals surface area contributed by atoms with Crippen LogP contribution in [0.1, 0.15) is 23.9 Å². The molecule has 2 N–H and O–H groups in total. The maximum absolute atomic E-state index is 11.7. The third-order valence-electron chi connectivity index (χ3n) is 3.19. The number of aromatic nitrogens is 2. The van der Waals surface area contributed by atoms with E-state index < -0.39 is 0 Å². The van der Waals surface area contributed by atoms with Crippen LogP contribution < -0.4 is 11.4 Å². The van der Waals surface area contributed by atoms with Crippen LogP contribution in [-0.4, -0.2) is 9.55 Å². The van der Waals surface area contributed by atoms with Crippen molar-refractivity contribution in [2.24, 2.45) is 0 Å². The van der Waals surface area contributed by atoms with Crippen LogP contribution >= 0.6 is 0 Å². The zero-order valence-electron chi connectivity index (χ0n) is 9.28. The van der Waals surface area contributed by atoms with Gasteiger partial charge in [-0.2, -0.15) is 4.98 Å². The van der Waals surface area contributed by atoms with Crippen LogP contribution in [0.4, 0.5) is 5.82 Å². The lowest BCUT2D eigenvalue weighted by Crippen LogP contribution is -2.22. The van der Waals surface area contributed by atoms with Gasteiger partial charge in [-0.3, -0.25) is 4.57 Å². The highest BCUT2D eigenvalue weighted by Crippen LogP contribution is 2.50. The fourth-order valence-electron chi connectivity index (χ4n) is 2.23. The Balaban J connectivity index is 1.88. The second kappa shape index (κ2) is 3.73. The van der Waals surface area contributed by atoms with E-state index in [1.54, 1.807) is 16.8 Å². The molecule has 2 atom stereocenters. The van der Waals surface area contributed by atoms with Gasteiger partial charge in [-0.25, -0.2) is 4.79 Å². The van der Waals surface area contributed by atoms with Crippen molar-refractivity contribution in [1.29, 1.82) is 0 Å². The molecule has 86 valence electrons. The van der Waals surface area contributed by atoms with Gasteiger partial charge in [0, 0.05) is 18.2 Å². The number of nitrogens with two attached hydrogens (primary N) is 1. The predicted octanol–water partition coefficient (Wildman–Crippen LogP) is 1.55. The van der Waals surface area contributed by atoms with E-state index in [2.05, 4.69) is 17.1 Å². The quantitative estimate of drug-likeness (QED) is 0.846. The second-order valence-electron chi connectivity index (χ2n) is 4.36. The summed E-state index contributed by atoms with van der Waals surface area (Å²) in [4.78, 5) is 15.4. The molecule has 1 aromatic carbocycles. The zero-order valence-corrected chi connectivity index (χ0v) is 9.28. The highest BCUT2D eigenvalue weighted by Gasteiger charge is 2.40. The largest absolute Gasteiger partial charge is 0.383 e.